The van der Waals surface area contributed by atoms with Crippen LogP contribution in [0, 0.1) is 11.8 Å². The molecule has 0 spiro atoms. The fraction of sp³-hybridized carbons (Fsp3) is 0.552. The van der Waals surface area contributed by atoms with Gasteiger partial charge >= 0.3 is 0 Å². The van der Waals surface area contributed by atoms with Crippen molar-refractivity contribution >= 4 is 5.78 Å². The molecule has 2 saturated carbocycles. The van der Waals surface area contributed by atoms with Crippen LogP contribution in [0.1, 0.15) is 100 Å². The van der Waals surface area contributed by atoms with Crippen molar-refractivity contribution < 1.29 is 4.79 Å². The first kappa shape index (κ1) is 21.3. The van der Waals surface area contributed by atoms with E-state index in [-0.39, 0.29) is 11.8 Å². The molecule has 0 amide bonds. The van der Waals surface area contributed by atoms with Gasteiger partial charge in [0.2, 0.25) is 0 Å². The second-order valence-corrected chi connectivity index (χ2v) is 9.81. The summed E-state index contributed by atoms with van der Waals surface area (Å²) >= 11 is 0. The van der Waals surface area contributed by atoms with E-state index < -0.39 is 0 Å². The van der Waals surface area contributed by atoms with Crippen molar-refractivity contribution in [2.75, 3.05) is 0 Å². The molecule has 2 aliphatic carbocycles. The Morgan fingerprint density at radius 2 is 0.967 bits per heavy atom. The predicted octanol–water partition coefficient (Wildman–Crippen LogP) is 8.06. The molecule has 0 radical (unpaired) electrons. The van der Waals surface area contributed by atoms with Crippen molar-refractivity contribution in [1.29, 1.82) is 0 Å². The predicted molar refractivity (Wildman–Crippen MR) is 126 cm³/mol. The largest absolute Gasteiger partial charge is 0.298 e. The molecule has 1 heteroatoms. The Morgan fingerprint density at radius 3 is 1.33 bits per heavy atom. The number of benzene rings is 2. The Kier molecular flexibility index (Phi) is 7.78. The molecular weight excluding hydrogens is 364 g/mol. The van der Waals surface area contributed by atoms with Gasteiger partial charge in [-0.15, -0.1) is 0 Å². The lowest BCUT2D eigenvalue weighted by molar-refractivity contribution is -0.123. The molecule has 0 heterocycles. The summed E-state index contributed by atoms with van der Waals surface area (Å²) in [5.74, 6) is 1.98. The number of hydrogen-bond donors (Lipinski definition) is 0. The maximum absolute atomic E-state index is 14.2. The van der Waals surface area contributed by atoms with E-state index >= 15 is 0 Å². The van der Waals surface area contributed by atoms with E-state index in [0.717, 1.165) is 12.8 Å². The van der Waals surface area contributed by atoms with Crippen LogP contribution in [-0.2, 0) is 4.79 Å². The minimum absolute atomic E-state index is 0.0445. The van der Waals surface area contributed by atoms with Gasteiger partial charge in [0.1, 0.15) is 5.78 Å². The molecule has 160 valence electrons. The number of ketones is 1. The van der Waals surface area contributed by atoms with Gasteiger partial charge in [-0.05, 0) is 35.8 Å². The van der Waals surface area contributed by atoms with Gasteiger partial charge in [0.05, 0.1) is 0 Å². The molecule has 2 unspecified atom stereocenters. The van der Waals surface area contributed by atoms with Crippen LogP contribution >= 0.6 is 0 Å². The van der Waals surface area contributed by atoms with Crippen molar-refractivity contribution in [1.82, 2.24) is 0 Å². The van der Waals surface area contributed by atoms with Crippen molar-refractivity contribution in [3.8, 4) is 0 Å². The molecule has 2 atom stereocenters. The van der Waals surface area contributed by atoms with Crippen molar-refractivity contribution in [3.05, 3.63) is 71.8 Å². The first-order valence-electron chi connectivity index (χ1n) is 12.4. The summed E-state index contributed by atoms with van der Waals surface area (Å²) in [5, 5.41) is 0. The van der Waals surface area contributed by atoms with Gasteiger partial charge < -0.3 is 0 Å². The maximum atomic E-state index is 14.2. The van der Waals surface area contributed by atoms with Crippen molar-refractivity contribution in [2.45, 2.75) is 88.9 Å². The van der Waals surface area contributed by atoms with E-state index in [4.69, 9.17) is 0 Å². The number of Topliss-reactive ketones (excluding diaryl/α,β-unsaturated/α-hetero) is 1. The summed E-state index contributed by atoms with van der Waals surface area (Å²) < 4.78 is 0. The van der Waals surface area contributed by atoms with E-state index in [2.05, 4.69) is 60.7 Å². The minimum Gasteiger partial charge on any atom is -0.298 e. The van der Waals surface area contributed by atoms with Gasteiger partial charge in [-0.1, -0.05) is 125 Å². The molecule has 4 rings (SSSR count). The van der Waals surface area contributed by atoms with Crippen molar-refractivity contribution in [2.24, 2.45) is 11.8 Å². The van der Waals surface area contributed by atoms with Gasteiger partial charge in [-0.2, -0.15) is 0 Å². The summed E-state index contributed by atoms with van der Waals surface area (Å²) in [6.07, 6.45) is 15.4. The van der Waals surface area contributed by atoms with E-state index in [1.807, 2.05) is 0 Å². The Morgan fingerprint density at radius 1 is 0.600 bits per heavy atom. The second kappa shape index (κ2) is 10.9. The van der Waals surface area contributed by atoms with Crippen molar-refractivity contribution in [3.63, 3.8) is 0 Å². The Hall–Kier alpha value is -1.89. The highest BCUT2D eigenvalue weighted by atomic mass is 16.1. The van der Waals surface area contributed by atoms with Crippen LogP contribution in [-0.4, -0.2) is 5.78 Å². The van der Waals surface area contributed by atoms with Crippen LogP contribution < -0.4 is 0 Å². The standard InChI is InChI=1S/C29H38O/c30-29(27(25-17-9-3-10-18-25)21-23-13-5-1-6-14-23)28(26-19-11-4-12-20-26)22-24-15-7-2-8-16-24/h3-4,9-12,17-20,23-24,27-28H,1-2,5-8,13-16,21-22H2. The molecule has 1 nitrogen and oxygen atoms in total. The molecule has 30 heavy (non-hydrogen) atoms. The van der Waals surface area contributed by atoms with Gasteiger partial charge in [0, 0.05) is 11.8 Å². The highest BCUT2D eigenvalue weighted by Gasteiger charge is 2.33. The number of rotatable bonds is 8. The van der Waals surface area contributed by atoms with E-state index in [0.29, 0.717) is 17.6 Å². The molecule has 0 bridgehead atoms. The lowest BCUT2D eigenvalue weighted by Crippen LogP contribution is -2.26. The van der Waals surface area contributed by atoms with E-state index in [1.54, 1.807) is 0 Å². The maximum Gasteiger partial charge on any atom is 0.147 e. The quantitative estimate of drug-likeness (QED) is 0.436. The fourth-order valence-electron chi connectivity index (χ4n) is 5.96. The molecule has 2 aromatic rings. The van der Waals surface area contributed by atoms with Crippen LogP contribution in [0.25, 0.3) is 0 Å². The molecule has 2 fully saturated rings. The third-order valence-corrected chi connectivity index (χ3v) is 7.68. The summed E-state index contributed by atoms with van der Waals surface area (Å²) in [6, 6.07) is 21.3. The highest BCUT2D eigenvalue weighted by molar-refractivity contribution is 5.91. The molecular formula is C29H38O. The van der Waals surface area contributed by atoms with Gasteiger partial charge in [0.15, 0.2) is 0 Å². The lowest BCUT2D eigenvalue weighted by Gasteiger charge is -2.31. The summed E-state index contributed by atoms with van der Waals surface area (Å²) in [7, 11) is 0. The number of carbonyl (C=O) groups excluding carboxylic acids is 1. The molecule has 2 aromatic carbocycles. The molecule has 0 aliphatic heterocycles. The molecule has 0 N–H and O–H groups in total. The zero-order chi connectivity index (χ0) is 20.6. The summed E-state index contributed by atoms with van der Waals surface area (Å²) in [6.45, 7) is 0. The molecule has 2 aliphatic rings. The zero-order valence-corrected chi connectivity index (χ0v) is 18.5. The smallest absolute Gasteiger partial charge is 0.147 e. The Bertz CT molecular complexity index is 688. The first-order chi connectivity index (χ1) is 14.8. The van der Waals surface area contributed by atoms with Crippen LogP contribution in [0.2, 0.25) is 0 Å². The van der Waals surface area contributed by atoms with Crippen LogP contribution in [0.4, 0.5) is 0 Å². The monoisotopic (exact) mass is 402 g/mol. The average Bonchev–Trinajstić information content (AvgIpc) is 2.83. The van der Waals surface area contributed by atoms with Gasteiger partial charge in [-0.25, -0.2) is 0 Å². The Labute approximate surface area is 183 Å². The van der Waals surface area contributed by atoms with Gasteiger partial charge in [-0.3, -0.25) is 4.79 Å². The third kappa shape index (κ3) is 5.62. The summed E-state index contributed by atoms with van der Waals surface area (Å²) in [4.78, 5) is 14.2. The fourth-order valence-corrected chi connectivity index (χ4v) is 5.96. The van der Waals surface area contributed by atoms with Crippen LogP contribution in [0.15, 0.2) is 60.7 Å². The topological polar surface area (TPSA) is 17.1 Å². The molecule has 0 aromatic heterocycles. The lowest BCUT2D eigenvalue weighted by atomic mass is 9.72. The average molecular weight is 403 g/mol. The van der Waals surface area contributed by atoms with Crippen LogP contribution in [0.5, 0.6) is 0 Å². The second-order valence-electron chi connectivity index (χ2n) is 9.81. The highest BCUT2D eigenvalue weighted by Crippen LogP contribution is 2.40. The van der Waals surface area contributed by atoms with Gasteiger partial charge in [0.25, 0.3) is 0 Å². The van der Waals surface area contributed by atoms with E-state index in [9.17, 15) is 4.79 Å². The zero-order valence-electron chi connectivity index (χ0n) is 18.5. The number of hydrogen-bond acceptors (Lipinski definition) is 1. The van der Waals surface area contributed by atoms with Crippen LogP contribution in [0.3, 0.4) is 0 Å². The summed E-state index contributed by atoms with van der Waals surface area (Å²) in [5.41, 5.74) is 2.47. The SMILES string of the molecule is O=C(C(CC1CCCCC1)c1ccccc1)C(CC1CCCCC1)c1ccccc1. The van der Waals surface area contributed by atoms with E-state index in [1.165, 1.54) is 75.3 Å². The normalized spacial score (nSPS) is 20.5. The first-order valence-corrected chi connectivity index (χ1v) is 12.4. The molecule has 0 saturated heterocycles. The number of carbonyl (C=O) groups is 1. The third-order valence-electron chi connectivity index (χ3n) is 7.68. The minimum atomic E-state index is 0.0445. The Balaban J connectivity index is 1.60.